The molecule has 1 aromatic carbocycles. The minimum atomic E-state index is -0.119. The second-order valence-corrected chi connectivity index (χ2v) is 4.86. The number of nitrogens with one attached hydrogen (secondary N) is 1. The van der Waals surface area contributed by atoms with Crippen molar-refractivity contribution < 1.29 is 4.79 Å². The number of hydrogen-bond donors (Lipinski definition) is 1. The molecule has 2 aromatic rings. The highest BCUT2D eigenvalue weighted by Crippen LogP contribution is 2.32. The first-order valence-corrected chi connectivity index (χ1v) is 6.40. The molecule has 0 saturated heterocycles. The smallest absolute Gasteiger partial charge is 0.222 e. The summed E-state index contributed by atoms with van der Waals surface area (Å²) in [5.74, 6) is 1.42. The minimum absolute atomic E-state index is 0.119. The standard InChI is InChI=1S/C13H13ClN4O/c1-9(19)15-12-8-13-17(5-6-18(13)16-12)11-4-2-3-10(14)7-11/h2-4,7-8H,5-6H2,1H3,(H,15,16,19). The molecule has 0 fully saturated rings. The van der Waals surface area contributed by atoms with Gasteiger partial charge in [0.25, 0.3) is 0 Å². The van der Waals surface area contributed by atoms with Gasteiger partial charge in [-0.05, 0) is 18.2 Å². The molecule has 0 atom stereocenters. The monoisotopic (exact) mass is 276 g/mol. The van der Waals surface area contributed by atoms with Crippen molar-refractivity contribution >= 4 is 34.8 Å². The summed E-state index contributed by atoms with van der Waals surface area (Å²) in [4.78, 5) is 13.2. The fraction of sp³-hybridized carbons (Fsp3) is 0.231. The van der Waals surface area contributed by atoms with Crippen LogP contribution in [0.1, 0.15) is 6.92 Å². The molecule has 0 spiro atoms. The molecule has 5 nitrogen and oxygen atoms in total. The number of hydrogen-bond acceptors (Lipinski definition) is 3. The van der Waals surface area contributed by atoms with Crippen molar-refractivity contribution in [1.29, 1.82) is 0 Å². The molecule has 0 saturated carbocycles. The van der Waals surface area contributed by atoms with Crippen LogP contribution in [0.25, 0.3) is 0 Å². The van der Waals surface area contributed by atoms with E-state index in [1.54, 1.807) is 0 Å². The molecule has 1 aliphatic heterocycles. The number of carbonyl (C=O) groups excluding carboxylic acids is 1. The average molecular weight is 277 g/mol. The number of anilines is 3. The Kier molecular flexibility index (Phi) is 2.91. The van der Waals surface area contributed by atoms with Crippen LogP contribution < -0.4 is 10.2 Å². The lowest BCUT2D eigenvalue weighted by Gasteiger charge is -2.16. The lowest BCUT2D eigenvalue weighted by molar-refractivity contribution is -0.114. The Morgan fingerprint density at radius 2 is 2.21 bits per heavy atom. The van der Waals surface area contributed by atoms with Gasteiger partial charge in [0, 0.05) is 30.2 Å². The van der Waals surface area contributed by atoms with Crippen LogP contribution in [-0.2, 0) is 11.3 Å². The summed E-state index contributed by atoms with van der Waals surface area (Å²) in [6, 6.07) is 9.57. The van der Waals surface area contributed by atoms with E-state index < -0.39 is 0 Å². The van der Waals surface area contributed by atoms with Crippen molar-refractivity contribution in [3.8, 4) is 0 Å². The summed E-state index contributed by atoms with van der Waals surface area (Å²) in [6.07, 6.45) is 0. The maximum atomic E-state index is 11.0. The molecular formula is C13H13ClN4O. The second-order valence-electron chi connectivity index (χ2n) is 4.42. The maximum Gasteiger partial charge on any atom is 0.222 e. The van der Waals surface area contributed by atoms with E-state index in [1.807, 2.05) is 35.0 Å². The van der Waals surface area contributed by atoms with Crippen LogP contribution >= 0.6 is 11.6 Å². The highest BCUT2D eigenvalue weighted by molar-refractivity contribution is 6.30. The second kappa shape index (κ2) is 4.59. The number of carbonyl (C=O) groups is 1. The quantitative estimate of drug-likeness (QED) is 0.917. The van der Waals surface area contributed by atoms with E-state index in [1.165, 1.54) is 6.92 Å². The van der Waals surface area contributed by atoms with Gasteiger partial charge in [0.1, 0.15) is 5.82 Å². The first-order valence-electron chi connectivity index (χ1n) is 6.02. The molecule has 1 aliphatic rings. The number of rotatable bonds is 2. The third-order valence-corrected chi connectivity index (χ3v) is 3.23. The minimum Gasteiger partial charge on any atom is -0.325 e. The molecule has 0 bridgehead atoms. The van der Waals surface area contributed by atoms with Crippen LogP contribution in [0.4, 0.5) is 17.3 Å². The highest BCUT2D eigenvalue weighted by Gasteiger charge is 2.23. The van der Waals surface area contributed by atoms with E-state index in [4.69, 9.17) is 11.6 Å². The van der Waals surface area contributed by atoms with Crippen molar-refractivity contribution in [2.75, 3.05) is 16.8 Å². The molecule has 6 heteroatoms. The van der Waals surface area contributed by atoms with Crippen LogP contribution in [-0.4, -0.2) is 22.2 Å². The van der Waals surface area contributed by atoms with Gasteiger partial charge < -0.3 is 10.2 Å². The van der Waals surface area contributed by atoms with Gasteiger partial charge in [0.05, 0.1) is 6.54 Å². The van der Waals surface area contributed by atoms with Gasteiger partial charge in [-0.3, -0.25) is 4.79 Å². The Labute approximate surface area is 115 Å². The molecule has 98 valence electrons. The topological polar surface area (TPSA) is 50.2 Å². The van der Waals surface area contributed by atoms with Crippen molar-refractivity contribution in [3.05, 3.63) is 35.4 Å². The molecule has 0 unspecified atom stereocenters. The lowest BCUT2D eigenvalue weighted by Crippen LogP contribution is -2.13. The number of fused-ring (bicyclic) bond motifs is 1. The zero-order chi connectivity index (χ0) is 13.4. The van der Waals surface area contributed by atoms with Crippen LogP contribution in [0.3, 0.4) is 0 Å². The average Bonchev–Trinajstić information content (AvgIpc) is 2.87. The molecule has 3 rings (SSSR count). The van der Waals surface area contributed by atoms with Crippen molar-refractivity contribution in [2.45, 2.75) is 13.5 Å². The predicted molar refractivity (Wildman–Crippen MR) is 75.0 cm³/mol. The number of nitrogens with zero attached hydrogens (tertiary/aromatic N) is 3. The van der Waals surface area contributed by atoms with Crippen molar-refractivity contribution in [1.82, 2.24) is 9.78 Å². The van der Waals surface area contributed by atoms with Crippen molar-refractivity contribution in [2.24, 2.45) is 0 Å². The predicted octanol–water partition coefficient (Wildman–Crippen LogP) is 2.65. The van der Waals surface area contributed by atoms with E-state index in [2.05, 4.69) is 15.3 Å². The first kappa shape index (κ1) is 12.0. The Hall–Kier alpha value is -2.01. The number of benzene rings is 1. The Bertz CT molecular complexity index is 637. The molecule has 1 amide bonds. The van der Waals surface area contributed by atoms with Crippen LogP contribution in [0.2, 0.25) is 5.02 Å². The van der Waals surface area contributed by atoms with Crippen LogP contribution in [0.15, 0.2) is 30.3 Å². The van der Waals surface area contributed by atoms with Gasteiger partial charge in [-0.15, -0.1) is 0 Å². The fourth-order valence-corrected chi connectivity index (χ4v) is 2.43. The fourth-order valence-electron chi connectivity index (χ4n) is 2.24. The summed E-state index contributed by atoms with van der Waals surface area (Å²) >= 11 is 6.02. The van der Waals surface area contributed by atoms with Gasteiger partial charge in [-0.1, -0.05) is 17.7 Å². The SMILES string of the molecule is CC(=O)Nc1cc2n(n1)CCN2c1cccc(Cl)c1. The number of halogens is 1. The van der Waals surface area contributed by atoms with Gasteiger partial charge in [-0.2, -0.15) is 5.10 Å². The molecule has 0 radical (unpaired) electrons. The first-order chi connectivity index (χ1) is 9.13. The summed E-state index contributed by atoms with van der Waals surface area (Å²) in [7, 11) is 0. The molecule has 0 aliphatic carbocycles. The van der Waals surface area contributed by atoms with E-state index in [-0.39, 0.29) is 5.91 Å². The molecule has 1 N–H and O–H groups in total. The Balaban J connectivity index is 1.93. The van der Waals surface area contributed by atoms with Gasteiger partial charge in [0.15, 0.2) is 5.82 Å². The summed E-state index contributed by atoms with van der Waals surface area (Å²) < 4.78 is 1.88. The summed E-state index contributed by atoms with van der Waals surface area (Å²) in [6.45, 7) is 3.11. The molecular weight excluding hydrogens is 264 g/mol. The summed E-state index contributed by atoms with van der Waals surface area (Å²) in [5, 5.41) is 7.74. The molecule has 19 heavy (non-hydrogen) atoms. The maximum absolute atomic E-state index is 11.0. The van der Waals surface area contributed by atoms with Gasteiger partial charge >= 0.3 is 0 Å². The van der Waals surface area contributed by atoms with Gasteiger partial charge in [0.2, 0.25) is 5.91 Å². The molecule has 1 aromatic heterocycles. The zero-order valence-corrected chi connectivity index (χ0v) is 11.2. The number of aromatic nitrogens is 2. The highest BCUT2D eigenvalue weighted by atomic mass is 35.5. The third-order valence-electron chi connectivity index (χ3n) is 2.99. The Morgan fingerprint density at radius 1 is 1.37 bits per heavy atom. The van der Waals surface area contributed by atoms with Crippen molar-refractivity contribution in [3.63, 3.8) is 0 Å². The lowest BCUT2D eigenvalue weighted by atomic mass is 10.3. The van der Waals surface area contributed by atoms with Crippen LogP contribution in [0, 0.1) is 0 Å². The molecule has 2 heterocycles. The van der Waals surface area contributed by atoms with Gasteiger partial charge in [-0.25, -0.2) is 4.68 Å². The largest absolute Gasteiger partial charge is 0.325 e. The Morgan fingerprint density at radius 3 is 2.95 bits per heavy atom. The van der Waals surface area contributed by atoms with E-state index in [9.17, 15) is 4.79 Å². The zero-order valence-electron chi connectivity index (χ0n) is 10.4. The summed E-state index contributed by atoms with van der Waals surface area (Å²) in [5.41, 5.74) is 1.03. The van der Waals surface area contributed by atoms with E-state index in [0.717, 1.165) is 24.6 Å². The normalized spacial score (nSPS) is 13.5. The van der Waals surface area contributed by atoms with Crippen LogP contribution in [0.5, 0.6) is 0 Å². The van der Waals surface area contributed by atoms with E-state index in [0.29, 0.717) is 10.8 Å². The van der Waals surface area contributed by atoms with E-state index >= 15 is 0 Å². The number of amides is 1. The third kappa shape index (κ3) is 2.29.